The van der Waals surface area contributed by atoms with Crippen molar-refractivity contribution in [3.8, 4) is 0 Å². The van der Waals surface area contributed by atoms with Crippen LogP contribution in [0.3, 0.4) is 0 Å². The van der Waals surface area contributed by atoms with E-state index in [0.29, 0.717) is 0 Å². The van der Waals surface area contributed by atoms with Crippen molar-refractivity contribution < 1.29 is 0 Å². The van der Waals surface area contributed by atoms with Crippen LogP contribution in [0.2, 0.25) is 5.02 Å². The molecule has 0 unspecified atom stereocenters. The van der Waals surface area contributed by atoms with Gasteiger partial charge in [0.1, 0.15) is 0 Å². The van der Waals surface area contributed by atoms with Crippen LogP contribution in [0.5, 0.6) is 0 Å². The van der Waals surface area contributed by atoms with E-state index >= 15 is 0 Å². The summed E-state index contributed by atoms with van der Waals surface area (Å²) >= 11 is 6.04. The number of benzene rings is 2. The van der Waals surface area contributed by atoms with Crippen LogP contribution in [0.15, 0.2) is 48.5 Å². The number of aryl methyl sites for hydroxylation is 1. The zero-order valence-corrected chi connectivity index (χ0v) is 16.7. The van der Waals surface area contributed by atoms with Crippen LogP contribution in [-0.4, -0.2) is 4.98 Å². The lowest BCUT2D eigenvalue weighted by atomic mass is 9.73. The van der Waals surface area contributed by atoms with E-state index < -0.39 is 0 Å². The van der Waals surface area contributed by atoms with Gasteiger partial charge in [0.15, 0.2) is 0 Å². The van der Waals surface area contributed by atoms with Gasteiger partial charge in [-0.1, -0.05) is 57.5 Å². The van der Waals surface area contributed by atoms with E-state index in [2.05, 4.69) is 76.0 Å². The molecule has 0 fully saturated rings. The highest BCUT2D eigenvalue weighted by Gasteiger charge is 2.27. The van der Waals surface area contributed by atoms with Crippen molar-refractivity contribution in [2.24, 2.45) is 0 Å². The number of aromatic nitrogens is 1. The molecule has 0 saturated carbocycles. The number of halogens is 1. The number of hydrogen-bond donors (Lipinski definition) is 1. The average Bonchev–Trinajstić information content (AvgIpc) is 2.93. The van der Waals surface area contributed by atoms with Gasteiger partial charge in [-0.05, 0) is 77.4 Å². The van der Waals surface area contributed by atoms with E-state index in [1.807, 2.05) is 12.1 Å². The van der Waals surface area contributed by atoms with Gasteiger partial charge in [0.25, 0.3) is 0 Å². The summed E-state index contributed by atoms with van der Waals surface area (Å²) in [6, 6.07) is 17.4. The molecule has 1 nitrogen and oxygen atoms in total. The molecule has 132 valence electrons. The summed E-state index contributed by atoms with van der Waals surface area (Å²) < 4.78 is 0. The second kappa shape index (κ2) is 6.53. The molecule has 0 aliphatic heterocycles. The van der Waals surface area contributed by atoms with Gasteiger partial charge in [0.2, 0.25) is 0 Å². The molecule has 0 radical (unpaired) electrons. The largest absolute Gasteiger partial charge is 0.359 e. The average molecular weight is 354 g/mol. The number of hydrogen-bond acceptors (Lipinski definition) is 0. The Balaban J connectivity index is 1.78. The van der Waals surface area contributed by atoms with Crippen molar-refractivity contribution in [1.29, 1.82) is 0 Å². The highest BCUT2D eigenvalue weighted by Crippen LogP contribution is 2.37. The highest BCUT2D eigenvalue weighted by molar-refractivity contribution is 6.30. The summed E-state index contributed by atoms with van der Waals surface area (Å²) in [6.45, 7) is 11.5. The van der Waals surface area contributed by atoms with E-state index in [0.717, 1.165) is 17.9 Å². The molecule has 25 heavy (non-hydrogen) atoms. The predicted octanol–water partition coefficient (Wildman–Crippen LogP) is 7.17. The number of nitrogens with one attached hydrogen (secondary N) is 1. The van der Waals surface area contributed by atoms with Crippen LogP contribution in [0, 0.1) is 6.92 Å². The number of fused-ring (bicyclic) bond motifs is 1. The maximum atomic E-state index is 6.04. The second-order valence-electron chi connectivity index (χ2n) is 8.53. The van der Waals surface area contributed by atoms with Crippen molar-refractivity contribution in [3.63, 3.8) is 0 Å². The van der Waals surface area contributed by atoms with Crippen molar-refractivity contribution in [1.82, 2.24) is 4.98 Å². The van der Waals surface area contributed by atoms with Gasteiger partial charge in [-0.15, -0.1) is 0 Å². The smallest absolute Gasteiger partial charge is 0.0456 e. The van der Waals surface area contributed by atoms with Gasteiger partial charge < -0.3 is 4.98 Å². The van der Waals surface area contributed by atoms with Crippen LogP contribution in [0.1, 0.15) is 57.4 Å². The molecule has 0 aliphatic rings. The molecule has 0 atom stereocenters. The first kappa shape index (κ1) is 18.1. The molecule has 3 rings (SSSR count). The summed E-state index contributed by atoms with van der Waals surface area (Å²) in [6.07, 6.45) is 2.27. The third-order valence-electron chi connectivity index (χ3n) is 5.54. The van der Waals surface area contributed by atoms with Crippen LogP contribution < -0.4 is 0 Å². The fourth-order valence-electron chi connectivity index (χ4n) is 3.51. The Morgan fingerprint density at radius 2 is 1.36 bits per heavy atom. The minimum Gasteiger partial charge on any atom is -0.359 e. The van der Waals surface area contributed by atoms with Gasteiger partial charge in [-0.3, -0.25) is 0 Å². The molecule has 2 heteroatoms. The first-order valence-electron chi connectivity index (χ1n) is 9.03. The first-order chi connectivity index (χ1) is 11.7. The van der Waals surface area contributed by atoms with Crippen LogP contribution >= 0.6 is 11.6 Å². The Bertz CT molecular complexity index is 869. The van der Waals surface area contributed by atoms with Crippen molar-refractivity contribution >= 4 is 22.5 Å². The van der Waals surface area contributed by atoms with Crippen LogP contribution in [0.4, 0.5) is 0 Å². The fraction of sp³-hybridized carbons (Fsp3) is 0.391. The summed E-state index contributed by atoms with van der Waals surface area (Å²) in [5, 5.41) is 2.11. The standard InChI is InChI=1S/C23H28ClN/c1-16-14-17-15-19(8-11-21(17)25-16)23(4,5)13-12-22(2,3)18-6-9-20(24)10-7-18/h6-11,14-15,25H,12-13H2,1-5H3. The SMILES string of the molecule is Cc1cc2cc(C(C)(C)CCC(C)(C)c3ccc(Cl)cc3)ccc2[nH]1. The van der Waals surface area contributed by atoms with Crippen molar-refractivity contribution in [2.45, 2.75) is 58.3 Å². The van der Waals surface area contributed by atoms with Gasteiger partial charge in [0.05, 0.1) is 0 Å². The van der Waals surface area contributed by atoms with Gasteiger partial charge in [-0.2, -0.15) is 0 Å². The molecule has 1 heterocycles. The summed E-state index contributed by atoms with van der Waals surface area (Å²) in [7, 11) is 0. The molecule has 0 spiro atoms. The third kappa shape index (κ3) is 3.93. The van der Waals surface area contributed by atoms with Gasteiger partial charge in [-0.25, -0.2) is 0 Å². The van der Waals surface area contributed by atoms with Crippen molar-refractivity contribution in [3.05, 3.63) is 70.4 Å². The monoisotopic (exact) mass is 353 g/mol. The van der Waals surface area contributed by atoms with E-state index in [1.54, 1.807) is 0 Å². The first-order valence-corrected chi connectivity index (χ1v) is 9.41. The Labute approximate surface area is 156 Å². The third-order valence-corrected chi connectivity index (χ3v) is 5.79. The number of aromatic amines is 1. The number of H-pyrrole nitrogens is 1. The summed E-state index contributed by atoms with van der Waals surface area (Å²) in [4.78, 5) is 3.41. The fourth-order valence-corrected chi connectivity index (χ4v) is 3.64. The zero-order chi connectivity index (χ0) is 18.2. The molecule has 0 aliphatic carbocycles. The zero-order valence-electron chi connectivity index (χ0n) is 15.9. The topological polar surface area (TPSA) is 15.8 Å². The maximum Gasteiger partial charge on any atom is 0.0456 e. The van der Waals surface area contributed by atoms with E-state index in [9.17, 15) is 0 Å². The second-order valence-corrected chi connectivity index (χ2v) is 8.97. The molecule has 1 aromatic heterocycles. The predicted molar refractivity (Wildman–Crippen MR) is 110 cm³/mol. The number of rotatable bonds is 5. The maximum absolute atomic E-state index is 6.04. The Morgan fingerprint density at radius 1 is 0.800 bits per heavy atom. The molecular weight excluding hydrogens is 326 g/mol. The molecule has 2 aromatic carbocycles. The minimum atomic E-state index is 0.136. The highest BCUT2D eigenvalue weighted by atomic mass is 35.5. The molecule has 3 aromatic rings. The Morgan fingerprint density at radius 3 is 2.00 bits per heavy atom. The van der Waals surface area contributed by atoms with E-state index in [1.165, 1.54) is 27.7 Å². The van der Waals surface area contributed by atoms with E-state index in [4.69, 9.17) is 11.6 Å². The molecular formula is C23H28ClN. The lowest BCUT2D eigenvalue weighted by Crippen LogP contribution is -2.24. The summed E-state index contributed by atoms with van der Waals surface area (Å²) in [5.41, 5.74) is 5.47. The molecule has 0 bridgehead atoms. The minimum absolute atomic E-state index is 0.136. The molecule has 0 saturated heterocycles. The van der Waals surface area contributed by atoms with Crippen LogP contribution in [0.25, 0.3) is 10.9 Å². The van der Waals surface area contributed by atoms with E-state index in [-0.39, 0.29) is 10.8 Å². The van der Waals surface area contributed by atoms with Gasteiger partial charge in [0, 0.05) is 16.2 Å². The lowest BCUT2D eigenvalue weighted by molar-refractivity contribution is 0.375. The Hall–Kier alpha value is -1.73. The molecule has 0 amide bonds. The van der Waals surface area contributed by atoms with Gasteiger partial charge >= 0.3 is 0 Å². The Kier molecular flexibility index (Phi) is 4.72. The quantitative estimate of drug-likeness (QED) is 0.500. The lowest BCUT2D eigenvalue weighted by Gasteiger charge is -2.32. The van der Waals surface area contributed by atoms with Crippen molar-refractivity contribution in [2.75, 3.05) is 0 Å². The molecule has 1 N–H and O–H groups in total. The summed E-state index contributed by atoms with van der Waals surface area (Å²) in [5.74, 6) is 0. The van der Waals surface area contributed by atoms with Crippen LogP contribution in [-0.2, 0) is 10.8 Å². The normalized spacial score (nSPS) is 12.7.